The molecular formula is C17H15NO3. The molecule has 0 saturated heterocycles. The van der Waals surface area contributed by atoms with Gasteiger partial charge in [0.25, 0.3) is 5.91 Å². The highest BCUT2D eigenvalue weighted by Crippen LogP contribution is 2.12. The van der Waals surface area contributed by atoms with E-state index in [0.29, 0.717) is 22.6 Å². The fraction of sp³-hybridized carbons (Fsp3) is 0.0588. The van der Waals surface area contributed by atoms with Crippen LogP contribution in [0.5, 0.6) is 0 Å². The van der Waals surface area contributed by atoms with Crippen LogP contribution in [0.1, 0.15) is 23.0 Å². The van der Waals surface area contributed by atoms with E-state index in [1.807, 2.05) is 0 Å². The summed E-state index contributed by atoms with van der Waals surface area (Å²) in [5, 5.41) is 2.68. The predicted molar refractivity (Wildman–Crippen MR) is 82.0 cm³/mol. The molecule has 1 aromatic carbocycles. The molecule has 0 bridgehead atoms. The molecule has 1 N–H and O–H groups in total. The summed E-state index contributed by atoms with van der Waals surface area (Å²) in [6, 6.07) is 10.2. The summed E-state index contributed by atoms with van der Waals surface area (Å²) in [5.74, 6) is 0.240. The van der Waals surface area contributed by atoms with Crippen LogP contribution < -0.4 is 5.32 Å². The van der Waals surface area contributed by atoms with Crippen molar-refractivity contribution in [1.82, 2.24) is 0 Å². The Morgan fingerprint density at radius 2 is 1.90 bits per heavy atom. The minimum absolute atomic E-state index is 0.135. The monoisotopic (exact) mass is 281 g/mol. The summed E-state index contributed by atoms with van der Waals surface area (Å²) >= 11 is 0. The number of anilines is 1. The summed E-state index contributed by atoms with van der Waals surface area (Å²) in [5.41, 5.74) is 1.58. The Morgan fingerprint density at radius 1 is 1.19 bits per heavy atom. The van der Waals surface area contributed by atoms with Gasteiger partial charge in [0.1, 0.15) is 5.76 Å². The molecule has 0 saturated carbocycles. The zero-order valence-corrected chi connectivity index (χ0v) is 11.6. The molecule has 4 nitrogen and oxygen atoms in total. The largest absolute Gasteiger partial charge is 0.465 e. The Morgan fingerprint density at radius 3 is 2.48 bits per heavy atom. The molecule has 0 fully saturated rings. The van der Waals surface area contributed by atoms with Gasteiger partial charge in [0.15, 0.2) is 5.78 Å². The molecule has 4 heteroatoms. The summed E-state index contributed by atoms with van der Waals surface area (Å²) < 4.78 is 5.11. The molecule has 0 aliphatic carbocycles. The van der Waals surface area contributed by atoms with Gasteiger partial charge in [0.05, 0.1) is 6.26 Å². The van der Waals surface area contributed by atoms with E-state index in [4.69, 9.17) is 4.42 Å². The summed E-state index contributed by atoms with van der Waals surface area (Å²) in [7, 11) is 0. The second kappa shape index (κ2) is 6.52. The number of ketones is 1. The molecule has 0 aliphatic rings. The molecule has 21 heavy (non-hydrogen) atoms. The molecule has 1 heterocycles. The molecule has 0 spiro atoms. The van der Waals surface area contributed by atoms with E-state index in [9.17, 15) is 9.59 Å². The first-order valence-corrected chi connectivity index (χ1v) is 6.39. The van der Waals surface area contributed by atoms with Crippen molar-refractivity contribution < 1.29 is 14.0 Å². The van der Waals surface area contributed by atoms with E-state index >= 15 is 0 Å². The first-order chi connectivity index (χ1) is 10.1. The number of carbonyl (C=O) groups excluding carboxylic acids is 2. The van der Waals surface area contributed by atoms with Gasteiger partial charge >= 0.3 is 0 Å². The van der Waals surface area contributed by atoms with Gasteiger partial charge in [-0.2, -0.15) is 0 Å². The lowest BCUT2D eigenvalue weighted by molar-refractivity contribution is -0.112. The zero-order valence-electron chi connectivity index (χ0n) is 11.6. The number of hydrogen-bond donors (Lipinski definition) is 1. The van der Waals surface area contributed by atoms with Crippen molar-refractivity contribution in [3.63, 3.8) is 0 Å². The van der Waals surface area contributed by atoms with Gasteiger partial charge in [-0.3, -0.25) is 9.59 Å². The summed E-state index contributed by atoms with van der Waals surface area (Å²) in [6.07, 6.45) is 4.60. The van der Waals surface area contributed by atoms with Gasteiger partial charge in [-0.25, -0.2) is 0 Å². The first-order valence-electron chi connectivity index (χ1n) is 6.39. The van der Waals surface area contributed by atoms with Gasteiger partial charge in [0, 0.05) is 16.8 Å². The number of allylic oxidation sites excluding steroid dienone is 1. The van der Waals surface area contributed by atoms with Crippen molar-refractivity contribution in [1.29, 1.82) is 0 Å². The zero-order chi connectivity index (χ0) is 15.2. The standard InChI is InChI=1S/C17H15NO3/c1-12(2)17(20)18-14-7-5-13(6-8-14)16(19)10-9-15-4-3-11-21-15/h3-11H,1H2,2H3,(H,18,20)/b10-9+. The molecule has 0 aliphatic heterocycles. The quantitative estimate of drug-likeness (QED) is 0.671. The van der Waals surface area contributed by atoms with Crippen LogP contribution in [0.2, 0.25) is 0 Å². The maximum atomic E-state index is 12.0. The van der Waals surface area contributed by atoms with Gasteiger partial charge in [-0.15, -0.1) is 0 Å². The second-order valence-corrected chi connectivity index (χ2v) is 4.52. The molecule has 1 amide bonds. The molecular weight excluding hydrogens is 266 g/mol. The number of hydrogen-bond acceptors (Lipinski definition) is 3. The topological polar surface area (TPSA) is 59.3 Å². The number of nitrogens with one attached hydrogen (secondary N) is 1. The van der Waals surface area contributed by atoms with Crippen LogP contribution in [0.25, 0.3) is 6.08 Å². The Hall–Kier alpha value is -2.88. The third-order valence-corrected chi connectivity index (χ3v) is 2.76. The average molecular weight is 281 g/mol. The van der Waals surface area contributed by atoms with Crippen molar-refractivity contribution >= 4 is 23.5 Å². The van der Waals surface area contributed by atoms with Gasteiger partial charge in [-0.1, -0.05) is 6.58 Å². The Balaban J connectivity index is 2.03. The van der Waals surface area contributed by atoms with Crippen LogP contribution in [0.4, 0.5) is 5.69 Å². The Labute approximate surface area is 122 Å². The maximum absolute atomic E-state index is 12.0. The number of benzene rings is 1. The van der Waals surface area contributed by atoms with E-state index in [2.05, 4.69) is 11.9 Å². The Kier molecular flexibility index (Phi) is 4.51. The normalized spacial score (nSPS) is 10.5. The molecule has 1 aromatic heterocycles. The van der Waals surface area contributed by atoms with Crippen LogP contribution in [0.15, 0.2) is 65.3 Å². The summed E-state index contributed by atoms with van der Waals surface area (Å²) in [6.45, 7) is 5.19. The van der Waals surface area contributed by atoms with Crippen LogP contribution in [-0.4, -0.2) is 11.7 Å². The van der Waals surface area contributed by atoms with E-state index in [-0.39, 0.29) is 11.7 Å². The third kappa shape index (κ3) is 4.04. The lowest BCUT2D eigenvalue weighted by Gasteiger charge is -2.04. The van der Waals surface area contributed by atoms with E-state index in [0.717, 1.165) is 0 Å². The fourth-order valence-electron chi connectivity index (χ4n) is 1.60. The van der Waals surface area contributed by atoms with Gasteiger partial charge in [0.2, 0.25) is 0 Å². The van der Waals surface area contributed by atoms with Crippen molar-refractivity contribution in [2.45, 2.75) is 6.92 Å². The van der Waals surface area contributed by atoms with Crippen LogP contribution in [-0.2, 0) is 4.79 Å². The van der Waals surface area contributed by atoms with Crippen molar-refractivity contribution in [3.8, 4) is 0 Å². The van der Waals surface area contributed by atoms with Gasteiger partial charge < -0.3 is 9.73 Å². The maximum Gasteiger partial charge on any atom is 0.250 e. The second-order valence-electron chi connectivity index (χ2n) is 4.52. The van der Waals surface area contributed by atoms with Crippen LogP contribution >= 0.6 is 0 Å². The minimum atomic E-state index is -0.244. The Bertz CT molecular complexity index is 679. The summed E-state index contributed by atoms with van der Waals surface area (Å²) in [4.78, 5) is 23.4. The predicted octanol–water partition coefficient (Wildman–Crippen LogP) is 3.69. The van der Waals surface area contributed by atoms with Crippen molar-refractivity contribution in [3.05, 3.63) is 72.2 Å². The number of furan rings is 1. The molecule has 106 valence electrons. The van der Waals surface area contributed by atoms with Gasteiger partial charge in [-0.05, 0) is 55.5 Å². The number of carbonyl (C=O) groups is 2. The van der Waals surface area contributed by atoms with Crippen LogP contribution in [0.3, 0.4) is 0 Å². The lowest BCUT2D eigenvalue weighted by Crippen LogP contribution is -2.11. The highest BCUT2D eigenvalue weighted by Gasteiger charge is 2.05. The van der Waals surface area contributed by atoms with Crippen molar-refractivity contribution in [2.75, 3.05) is 5.32 Å². The number of rotatable bonds is 5. The van der Waals surface area contributed by atoms with E-state index < -0.39 is 0 Å². The average Bonchev–Trinajstić information content (AvgIpc) is 2.98. The molecule has 0 atom stereocenters. The van der Waals surface area contributed by atoms with E-state index in [1.165, 1.54) is 6.08 Å². The molecule has 2 aromatic rings. The first kappa shape index (κ1) is 14.5. The van der Waals surface area contributed by atoms with E-state index in [1.54, 1.807) is 55.7 Å². The molecule has 0 radical (unpaired) electrons. The third-order valence-electron chi connectivity index (χ3n) is 2.76. The fourth-order valence-corrected chi connectivity index (χ4v) is 1.60. The number of amides is 1. The minimum Gasteiger partial charge on any atom is -0.465 e. The van der Waals surface area contributed by atoms with Crippen LogP contribution in [0, 0.1) is 0 Å². The lowest BCUT2D eigenvalue weighted by atomic mass is 10.1. The molecule has 0 unspecified atom stereocenters. The molecule has 2 rings (SSSR count). The smallest absolute Gasteiger partial charge is 0.250 e. The highest BCUT2D eigenvalue weighted by atomic mass is 16.3. The van der Waals surface area contributed by atoms with Crippen molar-refractivity contribution in [2.24, 2.45) is 0 Å². The SMILES string of the molecule is C=C(C)C(=O)Nc1ccc(C(=O)/C=C/c2ccco2)cc1. The highest BCUT2D eigenvalue weighted by molar-refractivity contribution is 6.07.